The standard InChI is InChI=1S/C27H30FN5O4S/c1-19-6-12-22(13-7-19)38(36,37)33-24-5-3-2-4-23(24)32-27(35)25(33)18-26(34)31-21-10-8-20(9-11-21)30-17-16-29-15-14-28/h2-13,25,29-30H,14-18H2,1H3,(H,31,34)(H,32,35)/t25-/m1/s1. The fourth-order valence-corrected chi connectivity index (χ4v) is 5.74. The van der Waals surface area contributed by atoms with Crippen molar-refractivity contribution in [2.45, 2.75) is 24.3 Å². The maximum absolute atomic E-state index is 13.7. The Labute approximate surface area is 221 Å². The number of nitrogens with zero attached hydrogens (tertiary/aromatic N) is 1. The Hall–Kier alpha value is -3.96. The van der Waals surface area contributed by atoms with Crippen molar-refractivity contribution in [1.82, 2.24) is 5.32 Å². The normalized spacial score (nSPS) is 14.9. The third-order valence-corrected chi connectivity index (χ3v) is 7.85. The molecule has 0 unspecified atom stereocenters. The van der Waals surface area contributed by atoms with Gasteiger partial charge in [0.05, 0.1) is 22.7 Å². The van der Waals surface area contributed by atoms with Crippen LogP contribution in [0, 0.1) is 6.92 Å². The molecule has 11 heteroatoms. The Morgan fingerprint density at radius 3 is 2.34 bits per heavy atom. The smallest absolute Gasteiger partial charge is 0.265 e. The van der Waals surface area contributed by atoms with Crippen molar-refractivity contribution < 1.29 is 22.4 Å². The zero-order valence-electron chi connectivity index (χ0n) is 20.9. The van der Waals surface area contributed by atoms with Crippen LogP contribution in [0.2, 0.25) is 0 Å². The summed E-state index contributed by atoms with van der Waals surface area (Å²) in [6, 6.07) is 18.6. The summed E-state index contributed by atoms with van der Waals surface area (Å²) >= 11 is 0. The molecule has 38 heavy (non-hydrogen) atoms. The Morgan fingerprint density at radius 2 is 1.63 bits per heavy atom. The molecule has 4 rings (SSSR count). The summed E-state index contributed by atoms with van der Waals surface area (Å²) in [5, 5.41) is 11.6. The monoisotopic (exact) mass is 539 g/mol. The highest BCUT2D eigenvalue weighted by molar-refractivity contribution is 7.93. The van der Waals surface area contributed by atoms with Crippen molar-refractivity contribution in [2.75, 3.05) is 46.6 Å². The van der Waals surface area contributed by atoms with Gasteiger partial charge in [-0.2, -0.15) is 0 Å². The number of benzene rings is 3. The molecule has 0 radical (unpaired) electrons. The number of alkyl halides is 1. The van der Waals surface area contributed by atoms with E-state index in [2.05, 4.69) is 21.3 Å². The van der Waals surface area contributed by atoms with Gasteiger partial charge in [-0.15, -0.1) is 0 Å². The second-order valence-electron chi connectivity index (χ2n) is 8.83. The number of fused-ring (bicyclic) bond motifs is 1. The number of anilines is 4. The van der Waals surface area contributed by atoms with Gasteiger partial charge < -0.3 is 21.3 Å². The average Bonchev–Trinajstić information content (AvgIpc) is 2.90. The van der Waals surface area contributed by atoms with E-state index in [1.807, 2.05) is 6.92 Å². The number of carbonyl (C=O) groups excluding carboxylic acids is 2. The van der Waals surface area contributed by atoms with Crippen molar-refractivity contribution in [1.29, 1.82) is 0 Å². The third kappa shape index (κ3) is 6.29. The van der Waals surface area contributed by atoms with Gasteiger partial charge in [-0.05, 0) is 55.5 Å². The molecule has 3 aromatic rings. The predicted octanol–water partition coefficient (Wildman–Crippen LogP) is 3.51. The molecule has 1 atom stereocenters. The van der Waals surface area contributed by atoms with Crippen molar-refractivity contribution in [3.05, 3.63) is 78.4 Å². The second-order valence-corrected chi connectivity index (χ2v) is 10.6. The van der Waals surface area contributed by atoms with E-state index in [1.54, 1.807) is 60.7 Å². The number of aryl methyl sites for hydroxylation is 1. The summed E-state index contributed by atoms with van der Waals surface area (Å²) in [6.45, 7) is 2.95. The molecule has 0 aromatic heterocycles. The molecule has 1 aliphatic heterocycles. The fraction of sp³-hybridized carbons (Fsp3) is 0.259. The fourth-order valence-electron chi connectivity index (χ4n) is 4.10. The first-order valence-electron chi connectivity index (χ1n) is 12.2. The lowest BCUT2D eigenvalue weighted by molar-refractivity contribution is -0.122. The second kappa shape index (κ2) is 12.1. The van der Waals surface area contributed by atoms with E-state index in [0.29, 0.717) is 36.7 Å². The summed E-state index contributed by atoms with van der Waals surface area (Å²) in [5.74, 6) is -1.10. The van der Waals surface area contributed by atoms with Gasteiger partial charge in [-0.1, -0.05) is 29.8 Å². The summed E-state index contributed by atoms with van der Waals surface area (Å²) in [6.07, 6.45) is -0.383. The van der Waals surface area contributed by atoms with Gasteiger partial charge in [0, 0.05) is 31.0 Å². The molecule has 9 nitrogen and oxygen atoms in total. The van der Waals surface area contributed by atoms with Gasteiger partial charge in [-0.3, -0.25) is 13.9 Å². The third-order valence-electron chi connectivity index (χ3n) is 6.01. The van der Waals surface area contributed by atoms with Gasteiger partial charge in [0.2, 0.25) is 11.8 Å². The summed E-state index contributed by atoms with van der Waals surface area (Å²) in [7, 11) is -4.15. The van der Waals surface area contributed by atoms with Crippen LogP contribution in [-0.4, -0.2) is 52.6 Å². The lowest BCUT2D eigenvalue weighted by atomic mass is 10.1. The molecule has 0 spiro atoms. The Kier molecular flexibility index (Phi) is 8.59. The molecule has 0 fully saturated rings. The Balaban J connectivity index is 1.50. The summed E-state index contributed by atoms with van der Waals surface area (Å²) in [5.41, 5.74) is 2.87. The number of carbonyl (C=O) groups is 2. The van der Waals surface area contributed by atoms with Crippen LogP contribution in [0.3, 0.4) is 0 Å². The zero-order valence-corrected chi connectivity index (χ0v) is 21.7. The van der Waals surface area contributed by atoms with Gasteiger partial charge >= 0.3 is 0 Å². The molecule has 0 saturated heterocycles. The first-order valence-corrected chi connectivity index (χ1v) is 13.6. The number of nitrogens with one attached hydrogen (secondary N) is 4. The molecule has 200 valence electrons. The van der Waals surface area contributed by atoms with Gasteiger partial charge in [0.15, 0.2) is 0 Å². The van der Waals surface area contributed by atoms with Crippen molar-refractivity contribution in [3.8, 4) is 0 Å². The number of hydrogen-bond donors (Lipinski definition) is 4. The maximum atomic E-state index is 13.7. The van der Waals surface area contributed by atoms with E-state index in [4.69, 9.17) is 0 Å². The number of sulfonamides is 1. The number of hydrogen-bond acceptors (Lipinski definition) is 6. The quantitative estimate of drug-likeness (QED) is 0.277. The van der Waals surface area contributed by atoms with Gasteiger partial charge in [0.25, 0.3) is 10.0 Å². The summed E-state index contributed by atoms with van der Waals surface area (Å²) in [4.78, 5) is 26.1. The molecule has 4 N–H and O–H groups in total. The zero-order chi connectivity index (χ0) is 27.1. The molecule has 0 saturated carbocycles. The van der Waals surface area contributed by atoms with Crippen molar-refractivity contribution in [3.63, 3.8) is 0 Å². The molecule has 3 aromatic carbocycles. The minimum atomic E-state index is -4.15. The molecule has 1 aliphatic rings. The van der Waals surface area contributed by atoms with Gasteiger partial charge in [0.1, 0.15) is 12.7 Å². The lowest BCUT2D eigenvalue weighted by Crippen LogP contribution is -2.52. The lowest BCUT2D eigenvalue weighted by Gasteiger charge is -2.36. The van der Waals surface area contributed by atoms with E-state index in [-0.39, 0.29) is 11.3 Å². The van der Waals surface area contributed by atoms with E-state index < -0.39 is 34.6 Å². The molecule has 1 heterocycles. The highest BCUT2D eigenvalue weighted by Crippen LogP contribution is 2.37. The SMILES string of the molecule is Cc1ccc(S(=O)(=O)N2c3ccccc3NC(=O)[C@H]2CC(=O)Nc2ccc(NCCNCCF)cc2)cc1. The highest BCUT2D eigenvalue weighted by Gasteiger charge is 2.42. The molecular weight excluding hydrogens is 509 g/mol. The number of para-hydroxylation sites is 2. The number of rotatable bonds is 11. The predicted molar refractivity (Wildman–Crippen MR) is 147 cm³/mol. The van der Waals surface area contributed by atoms with E-state index in [1.165, 1.54) is 12.1 Å². The minimum absolute atomic E-state index is 0.0287. The van der Waals surface area contributed by atoms with Crippen molar-refractivity contribution >= 4 is 44.6 Å². The van der Waals surface area contributed by atoms with Crippen LogP contribution in [0.5, 0.6) is 0 Å². The largest absolute Gasteiger partial charge is 0.384 e. The van der Waals surface area contributed by atoms with Gasteiger partial charge in [-0.25, -0.2) is 12.8 Å². The Bertz CT molecular complexity index is 1380. The van der Waals surface area contributed by atoms with Crippen LogP contribution in [0.25, 0.3) is 0 Å². The first-order chi connectivity index (χ1) is 18.3. The number of amides is 2. The van der Waals surface area contributed by atoms with E-state index in [0.717, 1.165) is 15.6 Å². The Morgan fingerprint density at radius 1 is 0.947 bits per heavy atom. The van der Waals surface area contributed by atoms with Crippen molar-refractivity contribution in [2.24, 2.45) is 0 Å². The molecule has 0 aliphatic carbocycles. The van der Waals surface area contributed by atoms with E-state index >= 15 is 0 Å². The minimum Gasteiger partial charge on any atom is -0.384 e. The van der Waals surface area contributed by atoms with E-state index in [9.17, 15) is 22.4 Å². The molecule has 2 amide bonds. The van der Waals surface area contributed by atoms with Crippen LogP contribution >= 0.6 is 0 Å². The number of halogens is 1. The summed E-state index contributed by atoms with van der Waals surface area (Å²) < 4.78 is 40.6. The highest BCUT2D eigenvalue weighted by atomic mass is 32.2. The molecule has 0 bridgehead atoms. The van der Waals surface area contributed by atoms with Crippen LogP contribution in [0.15, 0.2) is 77.7 Å². The maximum Gasteiger partial charge on any atom is 0.265 e. The topological polar surface area (TPSA) is 120 Å². The van der Waals surface area contributed by atoms with Crippen LogP contribution in [-0.2, 0) is 19.6 Å². The first kappa shape index (κ1) is 27.1. The van der Waals surface area contributed by atoms with Crippen LogP contribution in [0.4, 0.5) is 27.1 Å². The average molecular weight is 540 g/mol. The molecular formula is C27H30FN5O4S. The van der Waals surface area contributed by atoms with Crippen LogP contribution in [0.1, 0.15) is 12.0 Å². The van der Waals surface area contributed by atoms with Crippen LogP contribution < -0.4 is 25.6 Å².